The van der Waals surface area contributed by atoms with Crippen LogP contribution in [0.2, 0.25) is 5.02 Å². The van der Waals surface area contributed by atoms with Crippen molar-refractivity contribution < 1.29 is 4.79 Å². The van der Waals surface area contributed by atoms with Crippen LogP contribution in [-0.4, -0.2) is 10.5 Å². The number of carbonyl (C=O) groups is 1. The van der Waals surface area contributed by atoms with E-state index in [0.29, 0.717) is 27.4 Å². The van der Waals surface area contributed by atoms with E-state index in [-0.39, 0.29) is 5.56 Å². The number of halogens is 1. The standard InChI is InChI=1S/C25H15ClN2O2/c26-20-13-11-19(12-14-20)24(29)28-23(18-9-5-2-6-10-18)15-21(22(16-27)25(28)30)17-7-3-1-4-8-17/h1-15H. The Morgan fingerprint density at radius 1 is 0.833 bits per heavy atom. The first-order chi connectivity index (χ1) is 14.6. The molecule has 0 spiro atoms. The smallest absolute Gasteiger partial charge is 0.268 e. The highest BCUT2D eigenvalue weighted by Crippen LogP contribution is 2.28. The van der Waals surface area contributed by atoms with E-state index >= 15 is 0 Å². The minimum Gasteiger partial charge on any atom is -0.268 e. The van der Waals surface area contributed by atoms with Crippen molar-refractivity contribution in [2.45, 2.75) is 0 Å². The van der Waals surface area contributed by atoms with Crippen LogP contribution in [0.3, 0.4) is 0 Å². The summed E-state index contributed by atoms with van der Waals surface area (Å²) in [5.74, 6) is -0.522. The molecule has 30 heavy (non-hydrogen) atoms. The highest BCUT2D eigenvalue weighted by molar-refractivity contribution is 6.30. The molecule has 144 valence electrons. The Bertz CT molecular complexity index is 1320. The van der Waals surface area contributed by atoms with Crippen LogP contribution < -0.4 is 5.56 Å². The molecule has 4 aromatic rings. The molecular formula is C25H15ClN2O2. The number of pyridine rings is 1. The first kappa shape index (κ1) is 19.4. The van der Waals surface area contributed by atoms with Gasteiger partial charge in [-0.05, 0) is 41.5 Å². The number of nitrogens with zero attached hydrogens (tertiary/aromatic N) is 2. The highest BCUT2D eigenvalue weighted by atomic mass is 35.5. The maximum atomic E-state index is 13.4. The van der Waals surface area contributed by atoms with E-state index in [1.807, 2.05) is 66.7 Å². The van der Waals surface area contributed by atoms with Gasteiger partial charge < -0.3 is 0 Å². The van der Waals surface area contributed by atoms with E-state index < -0.39 is 11.5 Å². The summed E-state index contributed by atoms with van der Waals surface area (Å²) in [6.45, 7) is 0. The maximum absolute atomic E-state index is 13.4. The topological polar surface area (TPSA) is 62.9 Å². The van der Waals surface area contributed by atoms with E-state index in [1.165, 1.54) is 0 Å². The molecule has 5 heteroatoms. The molecule has 0 N–H and O–H groups in total. The third-order valence-electron chi connectivity index (χ3n) is 4.77. The van der Waals surface area contributed by atoms with Crippen LogP contribution in [0.25, 0.3) is 22.4 Å². The van der Waals surface area contributed by atoms with E-state index in [2.05, 4.69) is 0 Å². The van der Waals surface area contributed by atoms with Crippen molar-refractivity contribution in [1.29, 1.82) is 5.26 Å². The lowest BCUT2D eigenvalue weighted by molar-refractivity contribution is 0.0958. The number of hydrogen-bond donors (Lipinski definition) is 0. The Labute approximate surface area is 178 Å². The average Bonchev–Trinajstić information content (AvgIpc) is 2.79. The van der Waals surface area contributed by atoms with Gasteiger partial charge in [-0.2, -0.15) is 5.26 Å². The molecule has 4 nitrogen and oxygen atoms in total. The zero-order chi connectivity index (χ0) is 21.1. The fourth-order valence-electron chi connectivity index (χ4n) is 3.31. The van der Waals surface area contributed by atoms with E-state index in [0.717, 1.165) is 10.1 Å². The number of benzene rings is 3. The summed E-state index contributed by atoms with van der Waals surface area (Å²) < 4.78 is 1.06. The number of carbonyl (C=O) groups excluding carboxylic acids is 1. The molecule has 1 heterocycles. The number of aromatic nitrogens is 1. The lowest BCUT2D eigenvalue weighted by Crippen LogP contribution is -2.31. The summed E-state index contributed by atoms with van der Waals surface area (Å²) in [4.78, 5) is 26.7. The Kier molecular flexibility index (Phi) is 5.30. The molecule has 0 fully saturated rings. The molecule has 0 aliphatic carbocycles. The van der Waals surface area contributed by atoms with Crippen molar-refractivity contribution in [3.05, 3.63) is 117 Å². The van der Waals surface area contributed by atoms with Gasteiger partial charge in [0, 0.05) is 16.1 Å². The van der Waals surface area contributed by atoms with Gasteiger partial charge in [-0.15, -0.1) is 0 Å². The minimum atomic E-state index is -0.655. The van der Waals surface area contributed by atoms with Crippen LogP contribution in [0.5, 0.6) is 0 Å². The molecule has 0 saturated carbocycles. The fraction of sp³-hybridized carbons (Fsp3) is 0. The normalized spacial score (nSPS) is 10.4. The molecule has 0 aliphatic rings. The van der Waals surface area contributed by atoms with Crippen molar-refractivity contribution >= 4 is 17.5 Å². The number of rotatable bonds is 3. The van der Waals surface area contributed by atoms with Crippen molar-refractivity contribution in [3.8, 4) is 28.5 Å². The monoisotopic (exact) mass is 410 g/mol. The van der Waals surface area contributed by atoms with Gasteiger partial charge in [-0.3, -0.25) is 9.59 Å². The van der Waals surface area contributed by atoms with E-state index in [1.54, 1.807) is 30.3 Å². The predicted octanol–water partition coefficient (Wildman–Crippen LogP) is 5.40. The van der Waals surface area contributed by atoms with Gasteiger partial charge in [0.15, 0.2) is 0 Å². The van der Waals surface area contributed by atoms with Gasteiger partial charge in [0.25, 0.3) is 11.5 Å². The van der Waals surface area contributed by atoms with Gasteiger partial charge in [-0.1, -0.05) is 72.3 Å². The van der Waals surface area contributed by atoms with Gasteiger partial charge in [0.05, 0.1) is 5.69 Å². The van der Waals surface area contributed by atoms with Gasteiger partial charge in [-0.25, -0.2) is 4.57 Å². The summed E-state index contributed by atoms with van der Waals surface area (Å²) >= 11 is 5.93. The van der Waals surface area contributed by atoms with Gasteiger partial charge in [0.2, 0.25) is 0 Å². The minimum absolute atomic E-state index is 0.0804. The first-order valence-electron chi connectivity index (χ1n) is 9.21. The molecule has 0 aliphatic heterocycles. The molecule has 0 unspecified atom stereocenters. The molecule has 0 amide bonds. The van der Waals surface area contributed by atoms with Crippen LogP contribution in [0.4, 0.5) is 0 Å². The van der Waals surface area contributed by atoms with Crippen molar-refractivity contribution in [2.24, 2.45) is 0 Å². The second-order valence-corrected chi connectivity index (χ2v) is 7.05. The summed E-state index contributed by atoms with van der Waals surface area (Å²) in [6, 6.07) is 28.4. The van der Waals surface area contributed by atoms with Crippen LogP contribution in [-0.2, 0) is 0 Å². The summed E-state index contributed by atoms with van der Waals surface area (Å²) in [5, 5.41) is 10.2. The highest BCUT2D eigenvalue weighted by Gasteiger charge is 2.22. The lowest BCUT2D eigenvalue weighted by atomic mass is 9.98. The SMILES string of the molecule is N#Cc1c(-c2ccccc2)cc(-c2ccccc2)n(C(=O)c2ccc(Cl)cc2)c1=O. The molecular weight excluding hydrogens is 396 g/mol. The second-order valence-electron chi connectivity index (χ2n) is 6.61. The van der Waals surface area contributed by atoms with Crippen molar-refractivity contribution in [2.75, 3.05) is 0 Å². The van der Waals surface area contributed by atoms with Crippen LogP contribution in [0.15, 0.2) is 95.8 Å². The zero-order valence-electron chi connectivity index (χ0n) is 15.7. The van der Waals surface area contributed by atoms with Gasteiger partial charge >= 0.3 is 0 Å². The Balaban J connectivity index is 2.04. The molecule has 3 aromatic carbocycles. The summed E-state index contributed by atoms with van der Waals surface area (Å²) in [6.07, 6.45) is 0. The zero-order valence-corrected chi connectivity index (χ0v) is 16.5. The Hall–Kier alpha value is -3.94. The second kappa shape index (κ2) is 8.20. The third-order valence-corrected chi connectivity index (χ3v) is 5.02. The predicted molar refractivity (Wildman–Crippen MR) is 117 cm³/mol. The average molecular weight is 411 g/mol. The van der Waals surface area contributed by atoms with Crippen LogP contribution in [0, 0.1) is 11.3 Å². The van der Waals surface area contributed by atoms with Crippen LogP contribution in [0.1, 0.15) is 15.9 Å². The quantitative estimate of drug-likeness (QED) is 0.454. The first-order valence-corrected chi connectivity index (χ1v) is 9.59. The van der Waals surface area contributed by atoms with Crippen molar-refractivity contribution in [3.63, 3.8) is 0 Å². The molecule has 0 radical (unpaired) electrons. The van der Waals surface area contributed by atoms with Gasteiger partial charge in [0.1, 0.15) is 11.6 Å². The third kappa shape index (κ3) is 3.55. The summed E-state index contributed by atoms with van der Waals surface area (Å²) in [7, 11) is 0. The van der Waals surface area contributed by atoms with Crippen molar-refractivity contribution in [1.82, 2.24) is 4.57 Å². The number of hydrogen-bond acceptors (Lipinski definition) is 3. The largest absolute Gasteiger partial charge is 0.276 e. The fourth-order valence-corrected chi connectivity index (χ4v) is 3.43. The van der Waals surface area contributed by atoms with Crippen LogP contribution >= 0.6 is 11.6 Å². The Morgan fingerprint density at radius 3 is 1.97 bits per heavy atom. The maximum Gasteiger partial charge on any atom is 0.276 e. The van der Waals surface area contributed by atoms with E-state index in [9.17, 15) is 14.9 Å². The van der Waals surface area contributed by atoms with E-state index in [4.69, 9.17) is 11.6 Å². The molecule has 4 rings (SSSR count). The molecule has 0 bridgehead atoms. The Morgan fingerprint density at radius 2 is 1.40 bits per heavy atom. The molecule has 0 atom stereocenters. The lowest BCUT2D eigenvalue weighted by Gasteiger charge is -2.15. The summed E-state index contributed by atoms with van der Waals surface area (Å²) in [5.41, 5.74) is 1.89. The number of nitriles is 1. The molecule has 0 saturated heterocycles. The molecule has 1 aromatic heterocycles.